The van der Waals surface area contributed by atoms with Crippen molar-refractivity contribution in [3.8, 4) is 5.75 Å². The van der Waals surface area contributed by atoms with Gasteiger partial charge in [-0.1, -0.05) is 50.7 Å². The summed E-state index contributed by atoms with van der Waals surface area (Å²) in [5.41, 5.74) is 0.779. The molecule has 0 amide bonds. The maximum Gasteiger partial charge on any atom is 0.129 e. The number of methoxy groups -OCH3 is 1. The minimum atomic E-state index is -2.40. The first-order chi connectivity index (χ1) is 10.8. The van der Waals surface area contributed by atoms with Crippen molar-refractivity contribution in [2.75, 3.05) is 7.11 Å². The molecule has 0 atom stereocenters. The molecular formula is C19H29O2P. The fraction of sp³-hybridized carbons (Fsp3) is 0.684. The van der Waals surface area contributed by atoms with Crippen LogP contribution in [0.2, 0.25) is 0 Å². The van der Waals surface area contributed by atoms with Crippen LogP contribution in [-0.4, -0.2) is 18.4 Å². The van der Waals surface area contributed by atoms with Gasteiger partial charge in [-0.25, -0.2) is 0 Å². The van der Waals surface area contributed by atoms with Crippen LogP contribution in [0.15, 0.2) is 24.3 Å². The molecular weight excluding hydrogens is 291 g/mol. The molecule has 0 unspecified atom stereocenters. The van der Waals surface area contributed by atoms with E-state index in [9.17, 15) is 4.57 Å². The van der Waals surface area contributed by atoms with Crippen molar-refractivity contribution in [3.05, 3.63) is 24.3 Å². The van der Waals surface area contributed by atoms with Gasteiger partial charge < -0.3 is 9.30 Å². The molecule has 2 fully saturated rings. The van der Waals surface area contributed by atoms with Crippen molar-refractivity contribution in [1.29, 1.82) is 0 Å². The van der Waals surface area contributed by atoms with E-state index in [4.69, 9.17) is 4.74 Å². The summed E-state index contributed by atoms with van der Waals surface area (Å²) in [7, 11) is -0.688. The molecule has 122 valence electrons. The lowest BCUT2D eigenvalue weighted by molar-refractivity contribution is 0.415. The molecule has 1 aromatic carbocycles. The van der Waals surface area contributed by atoms with Gasteiger partial charge in [-0.3, -0.25) is 0 Å². The zero-order chi connectivity index (χ0) is 15.4. The van der Waals surface area contributed by atoms with Crippen molar-refractivity contribution in [1.82, 2.24) is 0 Å². The van der Waals surface area contributed by atoms with Crippen LogP contribution in [-0.2, 0) is 4.57 Å². The van der Waals surface area contributed by atoms with Crippen LogP contribution in [0.3, 0.4) is 0 Å². The van der Waals surface area contributed by atoms with Gasteiger partial charge in [0, 0.05) is 11.3 Å². The van der Waals surface area contributed by atoms with Gasteiger partial charge in [-0.2, -0.15) is 0 Å². The van der Waals surface area contributed by atoms with Crippen LogP contribution >= 0.6 is 7.14 Å². The van der Waals surface area contributed by atoms with Gasteiger partial charge in [0.2, 0.25) is 0 Å². The van der Waals surface area contributed by atoms with Crippen molar-refractivity contribution < 1.29 is 9.30 Å². The molecule has 0 N–H and O–H groups in total. The van der Waals surface area contributed by atoms with Crippen LogP contribution in [0.25, 0.3) is 0 Å². The third-order valence-corrected chi connectivity index (χ3v) is 10.0. The third-order valence-electron chi connectivity index (χ3n) is 5.70. The fourth-order valence-electron chi connectivity index (χ4n) is 4.54. The van der Waals surface area contributed by atoms with Crippen LogP contribution in [0.1, 0.15) is 64.2 Å². The lowest BCUT2D eigenvalue weighted by Crippen LogP contribution is -2.30. The summed E-state index contributed by atoms with van der Waals surface area (Å²) in [5, 5.41) is 1.04. The van der Waals surface area contributed by atoms with E-state index < -0.39 is 7.14 Å². The highest BCUT2D eigenvalue weighted by atomic mass is 31.2. The Morgan fingerprint density at radius 2 is 1.36 bits per heavy atom. The number of rotatable bonds is 4. The van der Waals surface area contributed by atoms with Crippen LogP contribution in [0.5, 0.6) is 5.75 Å². The summed E-state index contributed by atoms with van der Waals surface area (Å²) < 4.78 is 20.0. The Morgan fingerprint density at radius 1 is 0.864 bits per heavy atom. The molecule has 3 rings (SSSR count). The first-order valence-corrected chi connectivity index (χ1v) is 10.8. The van der Waals surface area contributed by atoms with Gasteiger partial charge >= 0.3 is 0 Å². The molecule has 0 saturated heterocycles. The Balaban J connectivity index is 2.03. The minimum absolute atomic E-state index is 0.389. The molecule has 2 aliphatic rings. The Hall–Kier alpha value is -0.750. The Kier molecular flexibility index (Phi) is 5.29. The number of para-hydroxylation sites is 1. The van der Waals surface area contributed by atoms with Crippen LogP contribution in [0.4, 0.5) is 0 Å². The summed E-state index contributed by atoms with van der Waals surface area (Å²) in [5.74, 6) is 0.849. The molecule has 3 heteroatoms. The molecule has 0 radical (unpaired) electrons. The molecule has 0 heterocycles. The molecule has 0 aliphatic heterocycles. The van der Waals surface area contributed by atoms with E-state index in [1.54, 1.807) is 7.11 Å². The zero-order valence-electron chi connectivity index (χ0n) is 13.8. The zero-order valence-corrected chi connectivity index (χ0v) is 14.7. The molecule has 22 heavy (non-hydrogen) atoms. The summed E-state index contributed by atoms with van der Waals surface area (Å²) in [6.45, 7) is 0. The molecule has 2 aliphatic carbocycles. The van der Waals surface area contributed by atoms with E-state index >= 15 is 0 Å². The predicted molar refractivity (Wildman–Crippen MR) is 94.0 cm³/mol. The standard InChI is InChI=1S/C19H29O2P/c1-21-18-14-8-9-15-19(18)22(20,16-10-4-2-5-11-16)17-12-6-3-7-13-17/h8-9,14-17H,2-7,10-13H2,1H3. The first-order valence-electron chi connectivity index (χ1n) is 9.00. The molecule has 2 saturated carbocycles. The number of hydrogen-bond acceptors (Lipinski definition) is 2. The summed E-state index contributed by atoms with van der Waals surface area (Å²) in [4.78, 5) is 0. The molecule has 0 aromatic heterocycles. The van der Waals surface area contributed by atoms with Crippen molar-refractivity contribution in [2.45, 2.75) is 75.5 Å². The largest absolute Gasteiger partial charge is 0.496 e. The SMILES string of the molecule is COc1ccccc1P(=O)(C1CCCCC1)C1CCCCC1. The molecule has 2 nitrogen and oxygen atoms in total. The van der Waals surface area contributed by atoms with Gasteiger partial charge in [0.15, 0.2) is 0 Å². The van der Waals surface area contributed by atoms with Gasteiger partial charge in [0.25, 0.3) is 0 Å². The van der Waals surface area contributed by atoms with E-state index in [-0.39, 0.29) is 0 Å². The normalized spacial score (nSPS) is 21.7. The van der Waals surface area contributed by atoms with E-state index in [0.717, 1.165) is 36.7 Å². The van der Waals surface area contributed by atoms with E-state index in [1.807, 2.05) is 18.2 Å². The minimum Gasteiger partial charge on any atom is -0.496 e. The second-order valence-corrected chi connectivity index (χ2v) is 10.3. The second-order valence-electron chi connectivity index (χ2n) is 6.96. The summed E-state index contributed by atoms with van der Waals surface area (Å²) in [6, 6.07) is 8.11. The van der Waals surface area contributed by atoms with Crippen LogP contribution in [0, 0.1) is 0 Å². The maximum absolute atomic E-state index is 14.4. The molecule has 1 aromatic rings. The second kappa shape index (κ2) is 7.21. The lowest BCUT2D eigenvalue weighted by atomic mass is 9.99. The molecule has 0 spiro atoms. The maximum atomic E-state index is 14.4. The quantitative estimate of drug-likeness (QED) is 0.699. The summed E-state index contributed by atoms with van der Waals surface area (Å²) in [6.07, 6.45) is 12.2. The van der Waals surface area contributed by atoms with Gasteiger partial charge in [0.1, 0.15) is 12.9 Å². The van der Waals surface area contributed by atoms with Crippen molar-refractivity contribution in [2.24, 2.45) is 0 Å². The highest BCUT2D eigenvalue weighted by Crippen LogP contribution is 2.62. The Bertz CT molecular complexity index is 506. The van der Waals surface area contributed by atoms with Gasteiger partial charge in [0.05, 0.1) is 12.4 Å². The van der Waals surface area contributed by atoms with Crippen molar-refractivity contribution >= 4 is 12.4 Å². The number of hydrogen-bond donors (Lipinski definition) is 0. The van der Waals surface area contributed by atoms with E-state index in [0.29, 0.717) is 11.3 Å². The number of ether oxygens (including phenoxy) is 1. The van der Waals surface area contributed by atoms with Crippen molar-refractivity contribution in [3.63, 3.8) is 0 Å². The van der Waals surface area contributed by atoms with E-state index in [1.165, 1.54) is 38.5 Å². The monoisotopic (exact) mass is 320 g/mol. The summed E-state index contributed by atoms with van der Waals surface area (Å²) >= 11 is 0. The fourth-order valence-corrected chi connectivity index (χ4v) is 9.02. The Labute approximate surface area is 135 Å². The highest BCUT2D eigenvalue weighted by Gasteiger charge is 2.43. The average molecular weight is 320 g/mol. The highest BCUT2D eigenvalue weighted by molar-refractivity contribution is 7.73. The third kappa shape index (κ3) is 3.00. The smallest absolute Gasteiger partial charge is 0.129 e. The predicted octanol–water partition coefficient (Wildman–Crippen LogP) is 5.35. The van der Waals surface area contributed by atoms with Gasteiger partial charge in [-0.15, -0.1) is 0 Å². The lowest BCUT2D eigenvalue weighted by Gasteiger charge is -2.39. The Morgan fingerprint density at radius 3 is 1.86 bits per heavy atom. The molecule has 0 bridgehead atoms. The topological polar surface area (TPSA) is 26.3 Å². The van der Waals surface area contributed by atoms with E-state index in [2.05, 4.69) is 6.07 Å². The average Bonchev–Trinajstić information content (AvgIpc) is 2.62. The van der Waals surface area contributed by atoms with Gasteiger partial charge in [-0.05, 0) is 37.8 Å². The number of benzene rings is 1. The van der Waals surface area contributed by atoms with Crippen LogP contribution < -0.4 is 10.0 Å². The first kappa shape index (κ1) is 16.1.